The van der Waals surface area contributed by atoms with E-state index < -0.39 is 0 Å². The summed E-state index contributed by atoms with van der Waals surface area (Å²) in [5.41, 5.74) is 1.73. The van der Waals surface area contributed by atoms with Crippen molar-refractivity contribution < 1.29 is 9.59 Å². The maximum Gasteiger partial charge on any atom is 0.257 e. The Bertz CT molecular complexity index is 763. The van der Waals surface area contributed by atoms with Gasteiger partial charge in [-0.1, -0.05) is 12.8 Å². The minimum absolute atomic E-state index is 0.0572. The minimum atomic E-state index is -0.231. The third-order valence-electron chi connectivity index (χ3n) is 4.56. The van der Waals surface area contributed by atoms with E-state index >= 15 is 0 Å². The van der Waals surface area contributed by atoms with Crippen molar-refractivity contribution in [2.24, 2.45) is 0 Å². The van der Waals surface area contributed by atoms with Gasteiger partial charge in [0.25, 0.3) is 11.8 Å². The van der Waals surface area contributed by atoms with E-state index in [9.17, 15) is 9.59 Å². The van der Waals surface area contributed by atoms with Crippen LogP contribution in [0.2, 0.25) is 0 Å². The van der Waals surface area contributed by atoms with Gasteiger partial charge in [0.2, 0.25) is 0 Å². The highest BCUT2D eigenvalue weighted by Crippen LogP contribution is 2.19. The summed E-state index contributed by atoms with van der Waals surface area (Å²) in [5.74, 6) is 0.503. The molecule has 0 spiro atoms. The van der Waals surface area contributed by atoms with Gasteiger partial charge < -0.3 is 15.5 Å². The molecule has 2 N–H and O–H groups in total. The average molecular weight is 352 g/mol. The van der Waals surface area contributed by atoms with Crippen molar-refractivity contribution in [3.05, 3.63) is 53.7 Å². The molecule has 6 nitrogen and oxygen atoms in total. The van der Waals surface area contributed by atoms with E-state index in [1.54, 1.807) is 42.6 Å². The molecular weight excluding hydrogens is 328 g/mol. The third kappa shape index (κ3) is 4.39. The van der Waals surface area contributed by atoms with Crippen LogP contribution in [0.4, 0.5) is 11.5 Å². The van der Waals surface area contributed by atoms with E-state index in [1.807, 2.05) is 19.0 Å². The molecule has 136 valence electrons. The van der Waals surface area contributed by atoms with E-state index in [1.165, 1.54) is 12.8 Å². The highest BCUT2D eigenvalue weighted by atomic mass is 16.2. The van der Waals surface area contributed by atoms with Gasteiger partial charge in [0.05, 0.1) is 5.56 Å². The van der Waals surface area contributed by atoms with Crippen molar-refractivity contribution in [3.8, 4) is 0 Å². The average Bonchev–Trinajstić information content (AvgIpc) is 3.15. The quantitative estimate of drug-likeness (QED) is 0.867. The molecule has 3 rings (SSSR count). The zero-order chi connectivity index (χ0) is 18.5. The van der Waals surface area contributed by atoms with Crippen LogP contribution in [0.5, 0.6) is 0 Å². The van der Waals surface area contributed by atoms with Crippen LogP contribution in [-0.4, -0.2) is 36.9 Å². The Morgan fingerprint density at radius 1 is 0.962 bits per heavy atom. The molecule has 0 aliphatic heterocycles. The van der Waals surface area contributed by atoms with Crippen molar-refractivity contribution in [1.29, 1.82) is 0 Å². The number of carbonyl (C=O) groups excluding carboxylic acids is 2. The van der Waals surface area contributed by atoms with Gasteiger partial charge in [0.15, 0.2) is 0 Å². The minimum Gasteiger partial charge on any atom is -0.363 e. The summed E-state index contributed by atoms with van der Waals surface area (Å²) in [5, 5.41) is 5.88. The van der Waals surface area contributed by atoms with Crippen LogP contribution >= 0.6 is 0 Å². The van der Waals surface area contributed by atoms with Crippen molar-refractivity contribution >= 4 is 23.3 Å². The summed E-state index contributed by atoms with van der Waals surface area (Å²) in [4.78, 5) is 30.6. The number of hydrogen-bond donors (Lipinski definition) is 2. The lowest BCUT2D eigenvalue weighted by atomic mass is 10.1. The van der Waals surface area contributed by atoms with Crippen LogP contribution in [0.15, 0.2) is 42.6 Å². The Hall–Kier alpha value is -2.89. The molecule has 1 aromatic heterocycles. The van der Waals surface area contributed by atoms with Crippen LogP contribution in [0.25, 0.3) is 0 Å². The number of benzene rings is 1. The van der Waals surface area contributed by atoms with Crippen molar-refractivity contribution in [3.63, 3.8) is 0 Å². The molecule has 26 heavy (non-hydrogen) atoms. The van der Waals surface area contributed by atoms with E-state index in [4.69, 9.17) is 0 Å². The molecular formula is C20H24N4O2. The van der Waals surface area contributed by atoms with E-state index in [0.717, 1.165) is 18.7 Å². The highest BCUT2D eigenvalue weighted by molar-refractivity contribution is 6.04. The lowest BCUT2D eigenvalue weighted by Gasteiger charge is -2.12. The molecule has 1 aromatic carbocycles. The second-order valence-electron chi connectivity index (χ2n) is 6.79. The van der Waals surface area contributed by atoms with Crippen LogP contribution in [0.1, 0.15) is 46.4 Å². The standard InChI is InChI=1S/C20H24N4O2/c1-24(2)18-12-9-15(13-21-18)20(26)23-17-10-7-14(8-11-17)19(25)22-16-5-3-4-6-16/h7-13,16H,3-6H2,1-2H3,(H,22,25)(H,23,26). The Kier molecular flexibility index (Phi) is 5.51. The Morgan fingerprint density at radius 2 is 1.62 bits per heavy atom. The first-order valence-corrected chi connectivity index (χ1v) is 8.88. The maximum absolute atomic E-state index is 12.3. The monoisotopic (exact) mass is 352 g/mol. The fraction of sp³-hybridized carbons (Fsp3) is 0.350. The first-order valence-electron chi connectivity index (χ1n) is 8.88. The molecule has 2 amide bonds. The van der Waals surface area contributed by atoms with Gasteiger partial charge in [-0.2, -0.15) is 0 Å². The summed E-state index contributed by atoms with van der Waals surface area (Å²) >= 11 is 0. The SMILES string of the molecule is CN(C)c1ccc(C(=O)Nc2ccc(C(=O)NC3CCCC3)cc2)cn1. The molecule has 0 atom stereocenters. The van der Waals surface area contributed by atoms with Gasteiger partial charge in [0.1, 0.15) is 5.82 Å². The molecule has 0 unspecified atom stereocenters. The van der Waals surface area contributed by atoms with Crippen molar-refractivity contribution in [2.45, 2.75) is 31.7 Å². The first kappa shape index (κ1) is 17.9. The number of rotatable bonds is 5. The fourth-order valence-electron chi connectivity index (χ4n) is 3.03. The van der Waals surface area contributed by atoms with E-state index in [2.05, 4.69) is 15.6 Å². The van der Waals surface area contributed by atoms with Gasteiger partial charge in [-0.25, -0.2) is 4.98 Å². The lowest BCUT2D eigenvalue weighted by Crippen LogP contribution is -2.32. The Morgan fingerprint density at radius 3 is 2.19 bits per heavy atom. The number of pyridine rings is 1. The lowest BCUT2D eigenvalue weighted by molar-refractivity contribution is 0.0937. The summed E-state index contributed by atoms with van der Waals surface area (Å²) in [7, 11) is 3.79. The number of amides is 2. The fourth-order valence-corrected chi connectivity index (χ4v) is 3.03. The molecule has 1 fully saturated rings. The van der Waals surface area contributed by atoms with Gasteiger partial charge in [-0.3, -0.25) is 9.59 Å². The summed E-state index contributed by atoms with van der Waals surface area (Å²) in [6.45, 7) is 0. The van der Waals surface area contributed by atoms with Gasteiger partial charge >= 0.3 is 0 Å². The Balaban J connectivity index is 1.59. The first-order chi connectivity index (χ1) is 12.5. The summed E-state index contributed by atoms with van der Waals surface area (Å²) in [6, 6.07) is 10.8. The number of aromatic nitrogens is 1. The molecule has 0 bridgehead atoms. The number of hydrogen-bond acceptors (Lipinski definition) is 4. The zero-order valence-corrected chi connectivity index (χ0v) is 15.2. The third-order valence-corrected chi connectivity index (χ3v) is 4.56. The molecule has 1 saturated carbocycles. The predicted molar refractivity (Wildman–Crippen MR) is 103 cm³/mol. The van der Waals surface area contributed by atoms with Crippen LogP contribution in [0, 0.1) is 0 Å². The second-order valence-corrected chi connectivity index (χ2v) is 6.79. The molecule has 0 saturated heterocycles. The number of anilines is 2. The maximum atomic E-state index is 12.3. The van der Waals surface area contributed by atoms with Crippen molar-refractivity contribution in [2.75, 3.05) is 24.3 Å². The van der Waals surface area contributed by atoms with Crippen LogP contribution in [-0.2, 0) is 0 Å². The topological polar surface area (TPSA) is 74.3 Å². The predicted octanol–water partition coefficient (Wildman–Crippen LogP) is 3.07. The smallest absolute Gasteiger partial charge is 0.257 e. The van der Waals surface area contributed by atoms with Gasteiger partial charge in [-0.15, -0.1) is 0 Å². The molecule has 1 heterocycles. The molecule has 0 radical (unpaired) electrons. The number of nitrogens with one attached hydrogen (secondary N) is 2. The zero-order valence-electron chi connectivity index (χ0n) is 15.2. The van der Waals surface area contributed by atoms with E-state index in [0.29, 0.717) is 22.9 Å². The largest absolute Gasteiger partial charge is 0.363 e. The van der Waals surface area contributed by atoms with Gasteiger partial charge in [-0.05, 0) is 49.2 Å². The van der Waals surface area contributed by atoms with E-state index in [-0.39, 0.29) is 11.8 Å². The summed E-state index contributed by atoms with van der Waals surface area (Å²) < 4.78 is 0. The highest BCUT2D eigenvalue weighted by Gasteiger charge is 2.18. The molecule has 2 aromatic rings. The normalized spacial score (nSPS) is 14.1. The van der Waals surface area contributed by atoms with Crippen LogP contribution < -0.4 is 15.5 Å². The molecule has 1 aliphatic rings. The van der Waals surface area contributed by atoms with Crippen molar-refractivity contribution in [1.82, 2.24) is 10.3 Å². The Labute approximate surface area is 153 Å². The second kappa shape index (κ2) is 7.99. The van der Waals surface area contributed by atoms with Crippen LogP contribution in [0.3, 0.4) is 0 Å². The van der Waals surface area contributed by atoms with Gasteiger partial charge in [0, 0.05) is 37.6 Å². The summed E-state index contributed by atoms with van der Waals surface area (Å²) in [6.07, 6.45) is 6.02. The molecule has 1 aliphatic carbocycles. The number of nitrogens with zero attached hydrogens (tertiary/aromatic N) is 2. The number of carbonyl (C=O) groups is 2. The molecule has 6 heteroatoms.